The van der Waals surface area contributed by atoms with E-state index in [1.807, 2.05) is 0 Å². The first-order valence-corrected chi connectivity index (χ1v) is 10.6. The monoisotopic (exact) mass is 519 g/mol. The summed E-state index contributed by atoms with van der Waals surface area (Å²) in [6, 6.07) is 15.3. The number of amides is 1. The molecule has 180 valence electrons. The summed E-state index contributed by atoms with van der Waals surface area (Å²) in [5, 5.41) is 12.7. The molecule has 0 unspecified atom stereocenters. The van der Waals surface area contributed by atoms with Crippen molar-refractivity contribution in [2.45, 2.75) is 12.2 Å². The third-order valence-electron chi connectivity index (χ3n) is 4.52. The Hall–Kier alpha value is -3.95. The lowest BCUT2D eigenvalue weighted by Gasteiger charge is -2.23. The molecule has 3 rings (SSSR count). The second kappa shape index (κ2) is 11.5. The Morgan fingerprint density at radius 2 is 1.14 bits per heavy atom. The number of nitrogens with one attached hydrogen (secondary N) is 1. The molecule has 35 heavy (non-hydrogen) atoms. The number of esters is 2. The van der Waals surface area contributed by atoms with E-state index in [0.29, 0.717) is 10.0 Å². The fourth-order valence-electron chi connectivity index (χ4n) is 2.78. The van der Waals surface area contributed by atoms with Crippen LogP contribution in [0.3, 0.4) is 0 Å². The van der Waals surface area contributed by atoms with Crippen LogP contribution in [0.15, 0.2) is 72.8 Å². The third-order valence-corrected chi connectivity index (χ3v) is 5.02. The van der Waals surface area contributed by atoms with E-state index in [2.05, 4.69) is 5.32 Å². The van der Waals surface area contributed by atoms with E-state index in [4.69, 9.17) is 32.7 Å². The Kier molecular flexibility index (Phi) is 8.40. The molecule has 0 radical (unpaired) electrons. The number of carbonyl (C=O) groups is 4. The van der Waals surface area contributed by atoms with Gasteiger partial charge in [-0.15, -0.1) is 0 Å². The van der Waals surface area contributed by atoms with Gasteiger partial charge < -0.3 is 19.9 Å². The van der Waals surface area contributed by atoms with E-state index >= 15 is 0 Å². The largest absolute Gasteiger partial charge is 0.478 e. The second-order valence-electron chi connectivity index (χ2n) is 7.00. The van der Waals surface area contributed by atoms with Crippen LogP contribution in [0.2, 0.25) is 10.0 Å². The lowest BCUT2D eigenvalue weighted by Crippen LogP contribution is -2.48. The molecule has 11 heteroatoms. The maximum Gasteiger partial charge on any atom is 0.349 e. The van der Waals surface area contributed by atoms with Crippen LogP contribution in [-0.2, 0) is 19.1 Å². The number of carbonyl (C=O) groups excluding carboxylic acids is 3. The van der Waals surface area contributed by atoms with Gasteiger partial charge in [-0.05, 0) is 72.8 Å². The summed E-state index contributed by atoms with van der Waals surface area (Å²) in [7, 11) is 0. The molecular formula is C24H16Cl2FNO7. The van der Waals surface area contributed by atoms with Crippen LogP contribution >= 0.6 is 23.2 Å². The normalized spacial score (nSPS) is 12.2. The molecule has 3 aromatic rings. The molecule has 0 heterocycles. The quantitative estimate of drug-likeness (QED) is 0.417. The van der Waals surface area contributed by atoms with Crippen molar-refractivity contribution in [2.75, 3.05) is 5.32 Å². The third kappa shape index (κ3) is 7.02. The number of benzene rings is 3. The molecule has 0 bridgehead atoms. The molecule has 0 aliphatic carbocycles. The minimum atomic E-state index is -2.23. The molecule has 0 saturated carbocycles. The lowest BCUT2D eigenvalue weighted by atomic mass is 10.1. The van der Waals surface area contributed by atoms with Gasteiger partial charge in [0.2, 0.25) is 12.2 Å². The average molecular weight is 520 g/mol. The van der Waals surface area contributed by atoms with Crippen LogP contribution in [0, 0.1) is 5.82 Å². The maximum atomic E-state index is 13.2. The molecule has 0 fully saturated rings. The molecule has 0 aliphatic heterocycles. The summed E-state index contributed by atoms with van der Waals surface area (Å²) in [6.45, 7) is 0. The topological polar surface area (TPSA) is 119 Å². The highest BCUT2D eigenvalue weighted by molar-refractivity contribution is 6.31. The summed E-state index contributed by atoms with van der Waals surface area (Å²) >= 11 is 11.6. The van der Waals surface area contributed by atoms with Crippen molar-refractivity contribution in [3.8, 4) is 0 Å². The first-order chi connectivity index (χ1) is 16.6. The molecule has 1 amide bonds. The minimum absolute atomic E-state index is 0.0397. The van der Waals surface area contributed by atoms with Gasteiger partial charge in [0.15, 0.2) is 0 Å². The number of aliphatic carboxylic acids is 1. The SMILES string of the molecule is O=C(O[C@H](C(=O)Nc1ccc(F)cc1)[C@@H](OC(=O)c1ccc(Cl)cc1)C(=O)O)c1ccc(Cl)cc1. The van der Waals surface area contributed by atoms with Crippen LogP contribution in [0.5, 0.6) is 0 Å². The zero-order chi connectivity index (χ0) is 25.5. The first kappa shape index (κ1) is 25.7. The van der Waals surface area contributed by atoms with Crippen LogP contribution in [-0.4, -0.2) is 41.1 Å². The summed E-state index contributed by atoms with van der Waals surface area (Å²) in [6.07, 6.45) is -4.34. The van der Waals surface area contributed by atoms with E-state index in [0.717, 1.165) is 12.1 Å². The molecule has 2 N–H and O–H groups in total. The number of anilines is 1. The Bertz CT molecular complexity index is 1230. The Morgan fingerprint density at radius 1 is 0.714 bits per heavy atom. The standard InChI is InChI=1S/C24H16Cl2FNO7/c25-15-5-1-13(2-6-15)23(32)34-19(21(29)28-18-11-9-17(27)10-12-18)20(22(30)31)35-24(33)14-3-7-16(26)8-4-14/h1-12,19-20H,(H,28,29)(H,30,31)/t19-,20+/m0/s1. The number of carboxylic acid groups (broad SMARTS) is 1. The minimum Gasteiger partial charge on any atom is -0.478 e. The van der Waals surface area contributed by atoms with Gasteiger partial charge in [-0.2, -0.15) is 0 Å². The number of halogens is 3. The Labute approximate surface area is 208 Å². The number of hydrogen-bond donors (Lipinski definition) is 2. The van der Waals surface area contributed by atoms with Gasteiger partial charge in [0.05, 0.1) is 11.1 Å². The Balaban J connectivity index is 1.90. The summed E-state index contributed by atoms with van der Waals surface area (Å²) in [4.78, 5) is 50.1. The van der Waals surface area contributed by atoms with Gasteiger partial charge in [-0.1, -0.05) is 23.2 Å². The molecule has 0 aromatic heterocycles. The highest BCUT2D eigenvalue weighted by Gasteiger charge is 2.41. The van der Waals surface area contributed by atoms with E-state index in [-0.39, 0.29) is 16.8 Å². The molecule has 0 spiro atoms. The fourth-order valence-corrected chi connectivity index (χ4v) is 3.03. The summed E-state index contributed by atoms with van der Waals surface area (Å²) < 4.78 is 23.4. The predicted molar refractivity (Wildman–Crippen MR) is 124 cm³/mol. The maximum absolute atomic E-state index is 13.2. The van der Waals surface area contributed by atoms with Gasteiger partial charge in [0.25, 0.3) is 5.91 Å². The van der Waals surface area contributed by atoms with E-state index in [1.54, 1.807) is 0 Å². The molecule has 8 nitrogen and oxygen atoms in total. The van der Waals surface area contributed by atoms with E-state index < -0.39 is 41.8 Å². The molecular weight excluding hydrogens is 504 g/mol. The smallest absolute Gasteiger partial charge is 0.349 e. The van der Waals surface area contributed by atoms with Crippen molar-refractivity contribution in [1.82, 2.24) is 0 Å². The van der Waals surface area contributed by atoms with Gasteiger partial charge in [0, 0.05) is 15.7 Å². The van der Waals surface area contributed by atoms with Crippen LogP contribution in [0.1, 0.15) is 20.7 Å². The van der Waals surface area contributed by atoms with Gasteiger partial charge in [-0.25, -0.2) is 18.8 Å². The van der Waals surface area contributed by atoms with Crippen molar-refractivity contribution in [3.05, 3.63) is 99.8 Å². The van der Waals surface area contributed by atoms with Crippen molar-refractivity contribution in [3.63, 3.8) is 0 Å². The summed E-state index contributed by atoms with van der Waals surface area (Å²) in [5.74, 6) is -5.63. The zero-order valence-electron chi connectivity index (χ0n) is 17.6. The van der Waals surface area contributed by atoms with Crippen LogP contribution in [0.4, 0.5) is 10.1 Å². The van der Waals surface area contributed by atoms with Crippen LogP contribution < -0.4 is 5.32 Å². The van der Waals surface area contributed by atoms with Gasteiger partial charge >= 0.3 is 17.9 Å². The van der Waals surface area contributed by atoms with E-state index in [9.17, 15) is 28.7 Å². The summed E-state index contributed by atoms with van der Waals surface area (Å²) in [5.41, 5.74) is -0.0124. The number of hydrogen-bond acceptors (Lipinski definition) is 6. The molecule has 0 aliphatic rings. The van der Waals surface area contributed by atoms with Crippen molar-refractivity contribution in [2.24, 2.45) is 0 Å². The zero-order valence-corrected chi connectivity index (χ0v) is 19.1. The predicted octanol–water partition coefficient (Wildman–Crippen LogP) is 4.61. The number of ether oxygens (including phenoxy) is 2. The lowest BCUT2D eigenvalue weighted by molar-refractivity contribution is -0.157. The first-order valence-electron chi connectivity index (χ1n) is 9.86. The molecule has 3 aromatic carbocycles. The highest BCUT2D eigenvalue weighted by Crippen LogP contribution is 2.18. The fraction of sp³-hybridized carbons (Fsp3) is 0.0833. The van der Waals surface area contributed by atoms with E-state index in [1.165, 1.54) is 60.7 Å². The molecule has 0 saturated heterocycles. The van der Waals surface area contributed by atoms with Crippen molar-refractivity contribution in [1.29, 1.82) is 0 Å². The highest BCUT2D eigenvalue weighted by atomic mass is 35.5. The van der Waals surface area contributed by atoms with Crippen LogP contribution in [0.25, 0.3) is 0 Å². The molecule has 2 atom stereocenters. The second-order valence-corrected chi connectivity index (χ2v) is 7.87. The Morgan fingerprint density at radius 3 is 1.57 bits per heavy atom. The van der Waals surface area contributed by atoms with Gasteiger partial charge in [-0.3, -0.25) is 4.79 Å². The van der Waals surface area contributed by atoms with Crippen molar-refractivity contribution < 1.29 is 38.1 Å². The average Bonchev–Trinajstić information content (AvgIpc) is 2.83. The number of rotatable bonds is 8. The number of carboxylic acids is 1. The van der Waals surface area contributed by atoms with Crippen molar-refractivity contribution >= 4 is 52.7 Å². The van der Waals surface area contributed by atoms with Gasteiger partial charge in [0.1, 0.15) is 5.82 Å².